The number of imidazole rings is 1. The van der Waals surface area contributed by atoms with Crippen LogP contribution < -0.4 is 11.1 Å². The quantitative estimate of drug-likeness (QED) is 0.674. The number of carbonyl (C=O) groups excluding carboxylic acids is 2. The fraction of sp³-hybridized carbons (Fsp3) is 0.333. The third-order valence-electron chi connectivity index (χ3n) is 4.74. The van der Waals surface area contributed by atoms with Crippen molar-refractivity contribution < 1.29 is 27.2 Å². The van der Waals surface area contributed by atoms with Crippen LogP contribution in [0.2, 0.25) is 0 Å². The van der Waals surface area contributed by atoms with E-state index in [-0.39, 0.29) is 23.0 Å². The molecule has 1 atom stereocenters. The first-order chi connectivity index (χ1) is 13.6. The number of nitrogens with two attached hydrogens (primary N) is 1. The van der Waals surface area contributed by atoms with Gasteiger partial charge in [0.1, 0.15) is 11.7 Å². The SMILES string of the molecule is Cc1cc(-c2ccc(C(N)=O)o2)nn2c(C(=O)N[C@@H](C3CC3)C(F)(F)F)ncc12. The monoisotopic (exact) mass is 407 g/mol. The summed E-state index contributed by atoms with van der Waals surface area (Å²) in [5.41, 5.74) is 6.55. The zero-order valence-corrected chi connectivity index (χ0v) is 15.2. The van der Waals surface area contributed by atoms with E-state index in [1.54, 1.807) is 13.0 Å². The number of hydrogen-bond acceptors (Lipinski definition) is 5. The van der Waals surface area contributed by atoms with E-state index in [1.165, 1.54) is 18.3 Å². The van der Waals surface area contributed by atoms with Crippen molar-refractivity contribution in [3.05, 3.63) is 41.5 Å². The molecule has 152 valence electrons. The van der Waals surface area contributed by atoms with Crippen molar-refractivity contribution in [3.63, 3.8) is 0 Å². The van der Waals surface area contributed by atoms with E-state index in [0.29, 0.717) is 23.9 Å². The zero-order chi connectivity index (χ0) is 20.9. The number of fused-ring (bicyclic) bond motifs is 1. The molecule has 0 unspecified atom stereocenters. The summed E-state index contributed by atoms with van der Waals surface area (Å²) >= 11 is 0. The number of furan rings is 1. The van der Waals surface area contributed by atoms with Crippen LogP contribution in [0.3, 0.4) is 0 Å². The van der Waals surface area contributed by atoms with E-state index in [1.807, 2.05) is 5.32 Å². The Morgan fingerprint density at radius 2 is 2.07 bits per heavy atom. The molecule has 0 aromatic carbocycles. The molecule has 3 N–H and O–H groups in total. The van der Waals surface area contributed by atoms with Gasteiger partial charge in [-0.25, -0.2) is 9.50 Å². The number of alkyl halides is 3. The minimum absolute atomic E-state index is 0.0689. The van der Waals surface area contributed by atoms with Gasteiger partial charge in [0.2, 0.25) is 5.82 Å². The van der Waals surface area contributed by atoms with Crippen LogP contribution in [-0.2, 0) is 0 Å². The van der Waals surface area contributed by atoms with Gasteiger partial charge in [-0.15, -0.1) is 0 Å². The Bertz CT molecular complexity index is 1110. The molecule has 11 heteroatoms. The van der Waals surface area contributed by atoms with Gasteiger partial charge >= 0.3 is 6.18 Å². The number of aromatic nitrogens is 3. The molecule has 0 aliphatic heterocycles. The van der Waals surface area contributed by atoms with Gasteiger partial charge in [0.15, 0.2) is 11.5 Å². The maximum absolute atomic E-state index is 13.2. The predicted molar refractivity (Wildman–Crippen MR) is 94.0 cm³/mol. The first-order valence-electron chi connectivity index (χ1n) is 8.78. The maximum Gasteiger partial charge on any atom is 0.408 e. The Balaban J connectivity index is 1.70. The second-order valence-electron chi connectivity index (χ2n) is 6.95. The summed E-state index contributed by atoms with van der Waals surface area (Å²) in [5.74, 6) is -2.47. The van der Waals surface area contributed by atoms with Crippen LogP contribution in [0.15, 0.2) is 28.8 Å². The summed E-state index contributed by atoms with van der Waals surface area (Å²) in [7, 11) is 0. The van der Waals surface area contributed by atoms with Gasteiger partial charge in [-0.1, -0.05) is 0 Å². The molecule has 1 fully saturated rings. The van der Waals surface area contributed by atoms with E-state index in [2.05, 4.69) is 10.1 Å². The summed E-state index contributed by atoms with van der Waals surface area (Å²) < 4.78 is 46.2. The fourth-order valence-corrected chi connectivity index (χ4v) is 3.12. The van der Waals surface area contributed by atoms with Crippen LogP contribution >= 0.6 is 0 Å². The lowest BCUT2D eigenvalue weighted by atomic mass is 10.2. The van der Waals surface area contributed by atoms with E-state index in [4.69, 9.17) is 10.2 Å². The first kappa shape index (κ1) is 19.0. The second kappa shape index (κ2) is 6.61. The number of hydrogen-bond donors (Lipinski definition) is 2. The van der Waals surface area contributed by atoms with Crippen molar-refractivity contribution in [1.29, 1.82) is 0 Å². The Morgan fingerprint density at radius 3 is 2.66 bits per heavy atom. The predicted octanol–water partition coefficient (Wildman–Crippen LogP) is 2.47. The molecule has 0 bridgehead atoms. The summed E-state index contributed by atoms with van der Waals surface area (Å²) in [4.78, 5) is 27.7. The smallest absolute Gasteiger partial charge is 0.408 e. The Morgan fingerprint density at radius 1 is 1.34 bits per heavy atom. The van der Waals surface area contributed by atoms with Gasteiger partial charge in [0.25, 0.3) is 11.8 Å². The molecule has 0 spiro atoms. The van der Waals surface area contributed by atoms with E-state index in [9.17, 15) is 22.8 Å². The molecule has 3 heterocycles. The molecule has 8 nitrogen and oxygen atoms in total. The average molecular weight is 407 g/mol. The number of halogens is 3. The lowest BCUT2D eigenvalue weighted by molar-refractivity contribution is -0.158. The van der Waals surface area contributed by atoms with Crippen molar-refractivity contribution in [1.82, 2.24) is 19.9 Å². The number of primary amides is 1. The lowest BCUT2D eigenvalue weighted by Crippen LogP contribution is -2.47. The van der Waals surface area contributed by atoms with Gasteiger partial charge in [0, 0.05) is 0 Å². The Kier molecular flexibility index (Phi) is 4.32. The number of nitrogens with zero attached hydrogens (tertiary/aromatic N) is 3. The Labute approximate surface area is 161 Å². The van der Waals surface area contributed by atoms with Crippen molar-refractivity contribution >= 4 is 17.3 Å². The number of carbonyl (C=O) groups is 2. The lowest BCUT2D eigenvalue weighted by Gasteiger charge is -2.20. The van der Waals surface area contributed by atoms with Gasteiger partial charge in [-0.3, -0.25) is 9.59 Å². The minimum Gasteiger partial charge on any atom is -0.449 e. The summed E-state index contributed by atoms with van der Waals surface area (Å²) in [6, 6.07) is 2.58. The van der Waals surface area contributed by atoms with E-state index in [0.717, 1.165) is 4.52 Å². The number of nitrogens with one attached hydrogen (secondary N) is 1. The van der Waals surface area contributed by atoms with Crippen molar-refractivity contribution in [2.45, 2.75) is 32.0 Å². The van der Waals surface area contributed by atoms with Crippen LogP contribution in [0.1, 0.15) is 39.6 Å². The van der Waals surface area contributed by atoms with E-state index < -0.39 is 30.0 Å². The zero-order valence-electron chi connectivity index (χ0n) is 15.2. The molecule has 0 radical (unpaired) electrons. The average Bonchev–Trinajstić information content (AvgIpc) is 3.17. The first-order valence-corrected chi connectivity index (χ1v) is 8.78. The normalized spacial score (nSPS) is 15.4. The van der Waals surface area contributed by atoms with Crippen LogP contribution in [0.4, 0.5) is 13.2 Å². The summed E-state index contributed by atoms with van der Waals surface area (Å²) in [5, 5.41) is 6.30. The maximum atomic E-state index is 13.2. The number of amides is 2. The third-order valence-corrected chi connectivity index (χ3v) is 4.74. The fourth-order valence-electron chi connectivity index (χ4n) is 3.12. The summed E-state index contributed by atoms with van der Waals surface area (Å²) in [6.45, 7) is 1.73. The summed E-state index contributed by atoms with van der Waals surface area (Å²) in [6.07, 6.45) is -2.36. The van der Waals surface area contributed by atoms with E-state index >= 15 is 0 Å². The molecular weight excluding hydrogens is 391 g/mol. The van der Waals surface area contributed by atoms with Crippen LogP contribution in [-0.4, -0.2) is 38.6 Å². The van der Waals surface area contributed by atoms with Crippen molar-refractivity contribution in [2.24, 2.45) is 11.7 Å². The highest BCUT2D eigenvalue weighted by Gasteiger charge is 2.50. The van der Waals surface area contributed by atoms with Gasteiger partial charge in [0.05, 0.1) is 11.7 Å². The van der Waals surface area contributed by atoms with Gasteiger partial charge in [-0.2, -0.15) is 18.3 Å². The second-order valence-corrected chi connectivity index (χ2v) is 6.95. The van der Waals surface area contributed by atoms with Gasteiger partial charge < -0.3 is 15.5 Å². The third kappa shape index (κ3) is 3.55. The molecule has 2 amide bonds. The highest BCUT2D eigenvalue weighted by atomic mass is 19.4. The molecule has 0 saturated heterocycles. The largest absolute Gasteiger partial charge is 0.449 e. The van der Waals surface area contributed by atoms with Crippen LogP contribution in [0.5, 0.6) is 0 Å². The molecule has 1 aliphatic rings. The highest BCUT2D eigenvalue weighted by molar-refractivity contribution is 5.92. The molecule has 1 aliphatic carbocycles. The topological polar surface area (TPSA) is 116 Å². The Hall–Kier alpha value is -3.37. The van der Waals surface area contributed by atoms with Crippen molar-refractivity contribution in [3.8, 4) is 11.5 Å². The standard InChI is InChI=1S/C18H16F3N5O3/c1-8-6-10(12-4-5-13(29-12)15(22)27)25-26-11(8)7-23-16(26)17(28)24-14(9-2-3-9)18(19,20)21/h4-7,9,14H,2-3H2,1H3,(H2,22,27)(H,24,28)/t14-/m0/s1. The molecule has 4 rings (SSSR count). The highest BCUT2D eigenvalue weighted by Crippen LogP contribution is 2.40. The molecule has 3 aromatic heterocycles. The molecule has 29 heavy (non-hydrogen) atoms. The van der Waals surface area contributed by atoms with Crippen molar-refractivity contribution in [2.75, 3.05) is 0 Å². The van der Waals surface area contributed by atoms with Gasteiger partial charge in [-0.05, 0) is 49.4 Å². The molecule has 1 saturated carbocycles. The van der Waals surface area contributed by atoms with Crippen LogP contribution in [0.25, 0.3) is 17.0 Å². The van der Waals surface area contributed by atoms with Crippen LogP contribution in [0, 0.1) is 12.8 Å². The minimum atomic E-state index is -4.54. The number of rotatable bonds is 5. The molecular formula is C18H16F3N5O3. The molecule has 3 aromatic rings. The number of aryl methyl sites for hydroxylation is 1.